The first-order valence-corrected chi connectivity index (χ1v) is 16.1. The third-order valence-electron chi connectivity index (χ3n) is 6.76. The first kappa shape index (κ1) is 34.7. The standard InChI is InChI=1S/C36H31BrN4O5S/c1-4-6-17-27(5-2)41-35(44)28(20-24-21-29(37)33(46-19-18-38)30(22-24)45-3)34(43)40-36(41)47-23-31(42)39-32(25-13-9-7-10-14-25)26-15-11-8-12-16-26/h4-17,20-22,32H,1,19,23H2,2-3H3,(H,39,42)/b17-6-,27-5+,28-20+. The van der Waals surface area contributed by atoms with E-state index in [1.165, 1.54) is 18.1 Å². The van der Waals surface area contributed by atoms with Crippen LogP contribution in [-0.4, -0.2) is 47.3 Å². The zero-order valence-electron chi connectivity index (χ0n) is 25.7. The van der Waals surface area contributed by atoms with E-state index < -0.39 is 17.9 Å². The molecule has 3 aromatic carbocycles. The molecule has 9 nitrogen and oxygen atoms in total. The zero-order valence-corrected chi connectivity index (χ0v) is 28.1. The van der Waals surface area contributed by atoms with Crippen LogP contribution < -0.4 is 14.8 Å². The molecule has 0 fully saturated rings. The van der Waals surface area contributed by atoms with Crippen LogP contribution in [0.1, 0.15) is 29.7 Å². The highest BCUT2D eigenvalue weighted by atomic mass is 79.9. The number of halogens is 1. The number of nitrogens with one attached hydrogen (secondary N) is 1. The maximum absolute atomic E-state index is 14.0. The van der Waals surface area contributed by atoms with Crippen LogP contribution in [0.2, 0.25) is 0 Å². The number of allylic oxidation sites excluding steroid dienone is 4. The van der Waals surface area contributed by atoms with Gasteiger partial charge in [0.25, 0.3) is 11.8 Å². The molecule has 1 aliphatic rings. The maximum Gasteiger partial charge on any atom is 0.285 e. The molecule has 0 radical (unpaired) electrons. The van der Waals surface area contributed by atoms with Crippen molar-refractivity contribution in [3.63, 3.8) is 0 Å². The van der Waals surface area contributed by atoms with Gasteiger partial charge >= 0.3 is 0 Å². The van der Waals surface area contributed by atoms with Gasteiger partial charge in [-0.3, -0.25) is 19.3 Å². The molecule has 0 aliphatic carbocycles. The molecule has 1 heterocycles. The van der Waals surface area contributed by atoms with E-state index in [0.717, 1.165) is 22.9 Å². The largest absolute Gasteiger partial charge is 0.493 e. The molecule has 0 atom stereocenters. The van der Waals surface area contributed by atoms with Crippen molar-refractivity contribution in [2.45, 2.75) is 13.0 Å². The number of rotatable bonds is 12. The summed E-state index contributed by atoms with van der Waals surface area (Å²) < 4.78 is 11.3. The lowest BCUT2D eigenvalue weighted by Crippen LogP contribution is -2.42. The lowest BCUT2D eigenvalue weighted by Gasteiger charge is -2.28. The van der Waals surface area contributed by atoms with Gasteiger partial charge in [-0.15, -0.1) is 0 Å². The maximum atomic E-state index is 14.0. The Bertz CT molecular complexity index is 1770. The van der Waals surface area contributed by atoms with E-state index in [-0.39, 0.29) is 29.0 Å². The van der Waals surface area contributed by atoms with E-state index in [0.29, 0.717) is 27.2 Å². The highest BCUT2D eigenvalue weighted by Crippen LogP contribution is 2.38. The Labute approximate surface area is 286 Å². The van der Waals surface area contributed by atoms with Crippen LogP contribution in [0, 0.1) is 11.3 Å². The SMILES string of the molecule is C=C/C=C\C(=C/C)N1C(=O)/C(=C/c2cc(Br)c(OCC#N)c(OC)c2)C(=O)N=C1SCC(=O)NC(c1ccccc1)c1ccccc1. The average Bonchev–Trinajstić information content (AvgIpc) is 3.09. The highest BCUT2D eigenvalue weighted by molar-refractivity contribution is 9.10. The summed E-state index contributed by atoms with van der Waals surface area (Å²) in [4.78, 5) is 46.2. The number of methoxy groups -OCH3 is 1. The van der Waals surface area contributed by atoms with E-state index in [4.69, 9.17) is 14.7 Å². The number of ether oxygens (including phenoxy) is 2. The van der Waals surface area contributed by atoms with Gasteiger partial charge in [0.15, 0.2) is 23.3 Å². The van der Waals surface area contributed by atoms with Gasteiger partial charge in [0.1, 0.15) is 11.6 Å². The molecule has 4 rings (SSSR count). The van der Waals surface area contributed by atoms with Crippen LogP contribution in [0.15, 0.2) is 124 Å². The van der Waals surface area contributed by atoms with Crippen molar-refractivity contribution >= 4 is 56.7 Å². The Kier molecular flexibility index (Phi) is 12.5. The molecule has 0 unspecified atom stereocenters. The van der Waals surface area contributed by atoms with E-state index in [2.05, 4.69) is 32.8 Å². The Morgan fingerprint density at radius 2 is 1.79 bits per heavy atom. The first-order chi connectivity index (χ1) is 22.8. The van der Waals surface area contributed by atoms with E-state index in [9.17, 15) is 14.4 Å². The van der Waals surface area contributed by atoms with Gasteiger partial charge in [0, 0.05) is 5.70 Å². The van der Waals surface area contributed by atoms with E-state index in [1.54, 1.807) is 43.4 Å². The second kappa shape index (κ2) is 16.9. The molecule has 0 saturated carbocycles. The molecule has 238 valence electrons. The van der Waals surface area contributed by atoms with Crippen molar-refractivity contribution in [3.8, 4) is 17.6 Å². The first-order valence-electron chi connectivity index (χ1n) is 14.3. The lowest BCUT2D eigenvalue weighted by atomic mass is 9.99. The van der Waals surface area contributed by atoms with Crippen molar-refractivity contribution in [1.29, 1.82) is 5.26 Å². The van der Waals surface area contributed by atoms with Gasteiger partial charge < -0.3 is 14.8 Å². The molecule has 0 saturated heterocycles. The number of carbonyl (C=O) groups is 3. The van der Waals surface area contributed by atoms with Crippen LogP contribution in [0.3, 0.4) is 0 Å². The van der Waals surface area contributed by atoms with Gasteiger partial charge in [-0.25, -0.2) is 0 Å². The Hall–Kier alpha value is -5.18. The Morgan fingerprint density at radius 1 is 1.13 bits per heavy atom. The quantitative estimate of drug-likeness (QED) is 0.125. The molecule has 47 heavy (non-hydrogen) atoms. The second-order valence-electron chi connectivity index (χ2n) is 9.80. The molecule has 3 amide bonds. The van der Waals surface area contributed by atoms with Crippen molar-refractivity contribution in [3.05, 3.63) is 136 Å². The van der Waals surface area contributed by atoms with Gasteiger partial charge in [0.05, 0.1) is 23.4 Å². The van der Waals surface area contributed by atoms with Crippen LogP contribution in [0.5, 0.6) is 11.5 Å². The van der Waals surface area contributed by atoms with Crippen molar-refractivity contribution in [2.75, 3.05) is 19.5 Å². The molecule has 0 spiro atoms. The predicted octanol–water partition coefficient (Wildman–Crippen LogP) is 6.75. The second-order valence-corrected chi connectivity index (χ2v) is 11.6. The summed E-state index contributed by atoms with van der Waals surface area (Å²) in [5, 5.41) is 12.0. The van der Waals surface area contributed by atoms with E-state index >= 15 is 0 Å². The third-order valence-corrected chi connectivity index (χ3v) is 8.28. The van der Waals surface area contributed by atoms with Crippen LogP contribution in [-0.2, 0) is 14.4 Å². The highest BCUT2D eigenvalue weighted by Gasteiger charge is 2.35. The van der Waals surface area contributed by atoms with Gasteiger partial charge in [0.2, 0.25) is 5.91 Å². The normalized spacial score (nSPS) is 14.3. The van der Waals surface area contributed by atoms with Gasteiger partial charge in [-0.05, 0) is 63.8 Å². The summed E-state index contributed by atoms with van der Waals surface area (Å²) >= 11 is 4.39. The minimum absolute atomic E-state index is 0.0593. The molecular weight excluding hydrogens is 680 g/mol. The smallest absolute Gasteiger partial charge is 0.285 e. The number of hydrogen-bond acceptors (Lipinski definition) is 7. The van der Waals surface area contributed by atoms with Crippen molar-refractivity contribution in [2.24, 2.45) is 4.99 Å². The summed E-state index contributed by atoms with van der Waals surface area (Å²) in [7, 11) is 1.44. The minimum Gasteiger partial charge on any atom is -0.493 e. The third kappa shape index (κ3) is 8.76. The van der Waals surface area contributed by atoms with Crippen LogP contribution in [0.4, 0.5) is 0 Å². The number of nitrogens with zero attached hydrogens (tertiary/aromatic N) is 3. The van der Waals surface area contributed by atoms with E-state index in [1.807, 2.05) is 66.7 Å². The molecular formula is C36H31BrN4O5S. The number of nitriles is 1. The summed E-state index contributed by atoms with van der Waals surface area (Å²) in [5.74, 6) is -1.20. The fourth-order valence-electron chi connectivity index (χ4n) is 4.63. The number of aliphatic imine (C=N–C) groups is 1. The Morgan fingerprint density at radius 3 is 2.36 bits per heavy atom. The van der Waals surface area contributed by atoms with Crippen LogP contribution >= 0.6 is 27.7 Å². The van der Waals surface area contributed by atoms with Crippen molar-refractivity contribution < 1.29 is 23.9 Å². The topological polar surface area (TPSA) is 121 Å². The fourth-order valence-corrected chi connectivity index (χ4v) is 6.01. The summed E-state index contributed by atoms with van der Waals surface area (Å²) in [6, 6.07) is 23.9. The van der Waals surface area contributed by atoms with Gasteiger partial charge in [-0.1, -0.05) is 97.2 Å². The molecule has 11 heteroatoms. The molecule has 3 aromatic rings. The molecule has 0 bridgehead atoms. The average molecular weight is 712 g/mol. The van der Waals surface area contributed by atoms with Crippen molar-refractivity contribution in [1.82, 2.24) is 10.2 Å². The summed E-state index contributed by atoms with van der Waals surface area (Å²) in [6.07, 6.45) is 7.99. The lowest BCUT2D eigenvalue weighted by molar-refractivity contribution is -0.126. The van der Waals surface area contributed by atoms with Crippen LogP contribution in [0.25, 0.3) is 6.08 Å². The Balaban J connectivity index is 1.65. The summed E-state index contributed by atoms with van der Waals surface area (Å²) in [5.41, 5.74) is 2.51. The predicted molar refractivity (Wildman–Crippen MR) is 187 cm³/mol. The fraction of sp³-hybridized carbons (Fsp3) is 0.139. The summed E-state index contributed by atoms with van der Waals surface area (Å²) in [6.45, 7) is 5.26. The number of amidine groups is 1. The number of hydrogen-bond donors (Lipinski definition) is 1. The number of carbonyl (C=O) groups excluding carboxylic acids is 3. The molecule has 0 aromatic heterocycles. The molecule has 1 aliphatic heterocycles. The van der Waals surface area contributed by atoms with Gasteiger partial charge in [-0.2, -0.15) is 10.3 Å². The monoisotopic (exact) mass is 710 g/mol. The minimum atomic E-state index is -0.761. The number of thioether (sulfide) groups is 1. The molecule has 1 N–H and O–H groups in total. The number of amides is 3. The zero-order chi connectivity index (χ0) is 33.8. The number of benzene rings is 3.